The van der Waals surface area contributed by atoms with E-state index in [1.807, 2.05) is 30.3 Å². The molecule has 5 rings (SSSR count). The highest BCUT2D eigenvalue weighted by Gasteiger charge is 2.24. The number of hydrogen-bond donors (Lipinski definition) is 2. The molecule has 3 aromatic rings. The van der Waals surface area contributed by atoms with Crippen LogP contribution in [0.15, 0.2) is 48.8 Å². The lowest BCUT2D eigenvalue weighted by Gasteiger charge is -2.34. The van der Waals surface area contributed by atoms with E-state index in [1.54, 1.807) is 12.4 Å². The van der Waals surface area contributed by atoms with Gasteiger partial charge in [0.05, 0.1) is 5.52 Å². The third kappa shape index (κ3) is 4.66. The lowest BCUT2D eigenvalue weighted by Crippen LogP contribution is -2.50. The van der Waals surface area contributed by atoms with Crippen LogP contribution < -0.4 is 15.5 Å². The van der Waals surface area contributed by atoms with Gasteiger partial charge in [0.1, 0.15) is 5.82 Å². The van der Waals surface area contributed by atoms with Crippen molar-refractivity contribution in [3.8, 4) is 11.4 Å². The Kier molecular flexibility index (Phi) is 6.14. The Morgan fingerprint density at radius 2 is 1.62 bits per heavy atom. The van der Waals surface area contributed by atoms with Crippen molar-refractivity contribution in [2.24, 2.45) is 0 Å². The van der Waals surface area contributed by atoms with Crippen molar-refractivity contribution < 1.29 is 4.79 Å². The summed E-state index contributed by atoms with van der Waals surface area (Å²) >= 11 is 0. The predicted octanol–water partition coefficient (Wildman–Crippen LogP) is 4.29. The number of rotatable bonds is 4. The fraction of sp³-hybridized carbons (Fsp3) is 0.440. The van der Waals surface area contributed by atoms with E-state index in [1.165, 1.54) is 19.3 Å². The van der Waals surface area contributed by atoms with Crippen LogP contribution in [0.1, 0.15) is 44.9 Å². The summed E-state index contributed by atoms with van der Waals surface area (Å²) < 4.78 is 0. The first-order chi connectivity index (χ1) is 15.8. The van der Waals surface area contributed by atoms with Crippen molar-refractivity contribution in [2.75, 3.05) is 18.0 Å². The zero-order valence-corrected chi connectivity index (χ0v) is 18.3. The molecule has 3 heterocycles. The van der Waals surface area contributed by atoms with E-state index in [4.69, 9.17) is 9.97 Å². The number of urea groups is 1. The van der Waals surface area contributed by atoms with Gasteiger partial charge < -0.3 is 15.5 Å². The number of carbonyl (C=O) groups is 1. The molecule has 2 N–H and O–H groups in total. The van der Waals surface area contributed by atoms with Gasteiger partial charge in [0.25, 0.3) is 0 Å². The van der Waals surface area contributed by atoms with Crippen LogP contribution in [0, 0.1) is 0 Å². The van der Waals surface area contributed by atoms with Crippen LogP contribution in [0.5, 0.6) is 0 Å². The van der Waals surface area contributed by atoms with Crippen LogP contribution in [-0.4, -0.2) is 46.2 Å². The minimum atomic E-state index is -0.0123. The number of fused-ring (bicyclic) bond motifs is 1. The maximum atomic E-state index is 12.4. The van der Waals surface area contributed by atoms with Gasteiger partial charge in [0.15, 0.2) is 5.82 Å². The van der Waals surface area contributed by atoms with Crippen LogP contribution in [-0.2, 0) is 0 Å². The number of hydrogen-bond acceptors (Lipinski definition) is 5. The summed E-state index contributed by atoms with van der Waals surface area (Å²) in [5.74, 6) is 1.65. The number of pyridine rings is 1. The summed E-state index contributed by atoms with van der Waals surface area (Å²) in [6.45, 7) is 1.70. The van der Waals surface area contributed by atoms with Gasteiger partial charge in [-0.3, -0.25) is 4.98 Å². The summed E-state index contributed by atoms with van der Waals surface area (Å²) in [4.78, 5) is 28.7. The first-order valence-corrected chi connectivity index (χ1v) is 11.8. The maximum absolute atomic E-state index is 12.4. The zero-order chi connectivity index (χ0) is 21.8. The number of aromatic nitrogens is 3. The third-order valence-corrected chi connectivity index (χ3v) is 6.57. The average molecular weight is 431 g/mol. The molecule has 0 bridgehead atoms. The highest BCUT2D eigenvalue weighted by Crippen LogP contribution is 2.29. The van der Waals surface area contributed by atoms with Crippen LogP contribution in [0.2, 0.25) is 0 Å². The molecule has 2 fully saturated rings. The monoisotopic (exact) mass is 430 g/mol. The van der Waals surface area contributed by atoms with Crippen molar-refractivity contribution >= 4 is 22.8 Å². The molecule has 2 aromatic heterocycles. The SMILES string of the molecule is O=C(NC1CCCCC1)NC1CCN(c2nc(-c3cccnc3)nc3ccccc23)CC1. The van der Waals surface area contributed by atoms with Gasteiger partial charge in [-0.15, -0.1) is 0 Å². The molecular formula is C25H30N6O. The topological polar surface area (TPSA) is 83.0 Å². The van der Waals surface area contributed by atoms with E-state index in [-0.39, 0.29) is 12.1 Å². The Hall–Kier alpha value is -3.22. The Morgan fingerprint density at radius 1 is 0.875 bits per heavy atom. The van der Waals surface area contributed by atoms with Crippen LogP contribution in [0.25, 0.3) is 22.3 Å². The zero-order valence-electron chi connectivity index (χ0n) is 18.3. The second-order valence-electron chi connectivity index (χ2n) is 8.84. The van der Waals surface area contributed by atoms with E-state index < -0.39 is 0 Å². The lowest BCUT2D eigenvalue weighted by molar-refractivity contribution is 0.226. The number of anilines is 1. The molecule has 2 aliphatic rings. The first-order valence-electron chi connectivity index (χ1n) is 11.8. The Labute approximate surface area is 188 Å². The molecule has 166 valence electrons. The quantitative estimate of drug-likeness (QED) is 0.645. The van der Waals surface area contributed by atoms with Crippen molar-refractivity contribution in [1.29, 1.82) is 0 Å². The maximum Gasteiger partial charge on any atom is 0.315 e. The minimum absolute atomic E-state index is 0.0123. The van der Waals surface area contributed by atoms with E-state index >= 15 is 0 Å². The highest BCUT2D eigenvalue weighted by molar-refractivity contribution is 5.91. The fourth-order valence-electron chi connectivity index (χ4n) is 4.82. The molecule has 2 amide bonds. The van der Waals surface area contributed by atoms with Crippen LogP contribution in [0.3, 0.4) is 0 Å². The first kappa shape index (κ1) is 20.7. The minimum Gasteiger partial charge on any atom is -0.356 e. The van der Waals surface area contributed by atoms with Gasteiger partial charge in [-0.05, 0) is 49.9 Å². The second kappa shape index (κ2) is 9.51. The smallest absolute Gasteiger partial charge is 0.315 e. The molecule has 1 aliphatic heterocycles. The molecule has 7 nitrogen and oxygen atoms in total. The van der Waals surface area contributed by atoms with Crippen molar-refractivity contribution in [1.82, 2.24) is 25.6 Å². The lowest BCUT2D eigenvalue weighted by atomic mass is 9.96. The molecule has 1 aliphatic carbocycles. The number of piperidine rings is 1. The van der Waals surface area contributed by atoms with Gasteiger partial charge in [-0.2, -0.15) is 0 Å². The van der Waals surface area contributed by atoms with Gasteiger partial charge in [-0.25, -0.2) is 14.8 Å². The number of para-hydroxylation sites is 1. The summed E-state index contributed by atoms with van der Waals surface area (Å²) in [6.07, 6.45) is 11.3. The van der Waals surface area contributed by atoms with Crippen molar-refractivity contribution in [3.63, 3.8) is 0 Å². The summed E-state index contributed by atoms with van der Waals surface area (Å²) in [6, 6.07) is 12.6. The van der Waals surface area contributed by atoms with Crippen molar-refractivity contribution in [2.45, 2.75) is 57.0 Å². The number of nitrogens with zero attached hydrogens (tertiary/aromatic N) is 4. The van der Waals surface area contributed by atoms with Crippen molar-refractivity contribution in [3.05, 3.63) is 48.8 Å². The fourth-order valence-corrected chi connectivity index (χ4v) is 4.82. The third-order valence-electron chi connectivity index (χ3n) is 6.57. The van der Waals surface area contributed by atoms with E-state index in [0.29, 0.717) is 11.9 Å². The van der Waals surface area contributed by atoms with Crippen LogP contribution in [0.4, 0.5) is 10.6 Å². The van der Waals surface area contributed by atoms with Gasteiger partial charge >= 0.3 is 6.03 Å². The van der Waals surface area contributed by atoms with Gasteiger partial charge in [0, 0.05) is 48.5 Å². The standard InChI is InChI=1S/C25H30N6O/c32-25(27-19-8-2-1-3-9-19)28-20-12-15-31(16-13-20)24-21-10-4-5-11-22(21)29-23(30-24)18-7-6-14-26-17-18/h4-7,10-11,14,17,19-20H,1-3,8-9,12-13,15-16H2,(H2,27,28,32). The Morgan fingerprint density at radius 3 is 2.38 bits per heavy atom. The molecule has 0 atom stereocenters. The van der Waals surface area contributed by atoms with E-state index in [2.05, 4.69) is 26.6 Å². The molecule has 1 aromatic carbocycles. The average Bonchev–Trinajstić information content (AvgIpc) is 2.85. The molecule has 0 unspecified atom stereocenters. The number of benzene rings is 1. The largest absolute Gasteiger partial charge is 0.356 e. The van der Waals surface area contributed by atoms with Gasteiger partial charge in [0.2, 0.25) is 0 Å². The molecule has 0 radical (unpaired) electrons. The molecule has 1 saturated carbocycles. The van der Waals surface area contributed by atoms with Gasteiger partial charge in [-0.1, -0.05) is 31.4 Å². The molecular weight excluding hydrogens is 400 g/mol. The predicted molar refractivity (Wildman–Crippen MR) is 127 cm³/mol. The molecule has 7 heteroatoms. The summed E-state index contributed by atoms with van der Waals surface area (Å²) in [7, 11) is 0. The Bertz CT molecular complexity index is 1060. The summed E-state index contributed by atoms with van der Waals surface area (Å²) in [5, 5.41) is 7.42. The number of carbonyl (C=O) groups excluding carboxylic acids is 1. The van der Waals surface area contributed by atoms with E-state index in [0.717, 1.165) is 61.1 Å². The summed E-state index contributed by atoms with van der Waals surface area (Å²) in [5.41, 5.74) is 1.85. The Balaban J connectivity index is 1.28. The normalized spacial score (nSPS) is 17.9. The number of nitrogens with one attached hydrogen (secondary N) is 2. The molecule has 32 heavy (non-hydrogen) atoms. The molecule has 0 spiro atoms. The number of amides is 2. The van der Waals surface area contributed by atoms with Crippen LogP contribution >= 0.6 is 0 Å². The second-order valence-corrected chi connectivity index (χ2v) is 8.84. The highest BCUT2D eigenvalue weighted by atomic mass is 16.2. The molecule has 1 saturated heterocycles. The van der Waals surface area contributed by atoms with E-state index in [9.17, 15) is 4.79 Å².